The fourth-order valence-electron chi connectivity index (χ4n) is 1.93. The Morgan fingerprint density at radius 2 is 2.29 bits per heavy atom. The molecule has 2 nitrogen and oxygen atoms in total. The van der Waals surface area contributed by atoms with Crippen molar-refractivity contribution < 1.29 is 8.78 Å². The SMILES string of the molecule is FC(F)(c1cc[nH]c1)C1CCCNC1. The molecule has 78 valence electrons. The van der Waals surface area contributed by atoms with Crippen molar-refractivity contribution in [3.63, 3.8) is 0 Å². The van der Waals surface area contributed by atoms with Crippen LogP contribution in [0.4, 0.5) is 8.78 Å². The summed E-state index contributed by atoms with van der Waals surface area (Å²) in [7, 11) is 0. The van der Waals surface area contributed by atoms with Gasteiger partial charge in [0.15, 0.2) is 0 Å². The molecule has 2 heterocycles. The van der Waals surface area contributed by atoms with E-state index in [-0.39, 0.29) is 5.56 Å². The lowest BCUT2D eigenvalue weighted by molar-refractivity contribution is -0.0723. The van der Waals surface area contributed by atoms with Gasteiger partial charge in [0.05, 0.1) is 0 Å². The van der Waals surface area contributed by atoms with Crippen LogP contribution in [-0.2, 0) is 5.92 Å². The number of aromatic nitrogens is 1. The second-order valence-corrected chi connectivity index (χ2v) is 3.77. The molecule has 1 aromatic rings. The molecule has 0 amide bonds. The summed E-state index contributed by atoms with van der Waals surface area (Å²) >= 11 is 0. The first-order valence-corrected chi connectivity index (χ1v) is 4.93. The quantitative estimate of drug-likeness (QED) is 0.751. The molecule has 4 heteroatoms. The molecule has 0 aromatic carbocycles. The minimum absolute atomic E-state index is 0.103. The van der Waals surface area contributed by atoms with Crippen molar-refractivity contribution in [1.29, 1.82) is 0 Å². The van der Waals surface area contributed by atoms with Crippen LogP contribution in [0.2, 0.25) is 0 Å². The van der Waals surface area contributed by atoms with Crippen molar-refractivity contribution >= 4 is 0 Å². The van der Waals surface area contributed by atoms with Crippen LogP contribution in [0.25, 0.3) is 0 Å². The predicted octanol–water partition coefficient (Wildman–Crippen LogP) is 2.11. The van der Waals surface area contributed by atoms with E-state index in [1.54, 1.807) is 6.20 Å². The smallest absolute Gasteiger partial charge is 0.278 e. The van der Waals surface area contributed by atoms with Gasteiger partial charge in [0, 0.05) is 30.4 Å². The highest BCUT2D eigenvalue weighted by molar-refractivity contribution is 5.16. The summed E-state index contributed by atoms with van der Waals surface area (Å²) in [5, 5.41) is 3.01. The van der Waals surface area contributed by atoms with E-state index in [2.05, 4.69) is 10.3 Å². The van der Waals surface area contributed by atoms with Gasteiger partial charge >= 0.3 is 0 Å². The standard InChI is InChI=1S/C10H14F2N2/c11-10(12,9-3-5-14-7-9)8-2-1-4-13-6-8/h3,5,7-8,13-14H,1-2,4,6H2. The highest BCUT2D eigenvalue weighted by atomic mass is 19.3. The largest absolute Gasteiger partial charge is 0.367 e. The maximum absolute atomic E-state index is 13.8. The number of hydrogen-bond donors (Lipinski definition) is 2. The van der Waals surface area contributed by atoms with E-state index in [0.29, 0.717) is 13.0 Å². The normalized spacial score (nSPS) is 23.7. The zero-order valence-corrected chi connectivity index (χ0v) is 7.89. The summed E-state index contributed by atoms with van der Waals surface area (Å²) in [4.78, 5) is 2.67. The monoisotopic (exact) mass is 200 g/mol. The van der Waals surface area contributed by atoms with Crippen molar-refractivity contribution in [3.8, 4) is 0 Å². The first-order valence-electron chi connectivity index (χ1n) is 4.93. The Bertz CT molecular complexity index is 276. The Hall–Kier alpha value is -0.900. The van der Waals surface area contributed by atoms with Gasteiger partial charge in [-0.1, -0.05) is 0 Å². The molecule has 0 radical (unpaired) electrons. The lowest BCUT2D eigenvalue weighted by Gasteiger charge is -2.29. The zero-order valence-electron chi connectivity index (χ0n) is 7.89. The van der Waals surface area contributed by atoms with Gasteiger partial charge < -0.3 is 10.3 Å². The maximum Gasteiger partial charge on any atom is 0.278 e. The number of nitrogens with one attached hydrogen (secondary N) is 2. The minimum Gasteiger partial charge on any atom is -0.367 e. The molecule has 0 bridgehead atoms. The van der Waals surface area contributed by atoms with Crippen LogP contribution in [0, 0.1) is 5.92 Å². The number of aromatic amines is 1. The Labute approximate surface area is 81.7 Å². The second kappa shape index (κ2) is 3.69. The summed E-state index contributed by atoms with van der Waals surface area (Å²) in [5.41, 5.74) is 0.103. The third kappa shape index (κ3) is 1.66. The predicted molar refractivity (Wildman–Crippen MR) is 50.3 cm³/mol. The molecule has 1 aliphatic heterocycles. The van der Waals surface area contributed by atoms with Gasteiger partial charge in [-0.05, 0) is 25.5 Å². The molecule has 1 aliphatic rings. The van der Waals surface area contributed by atoms with E-state index in [1.807, 2.05) is 0 Å². The zero-order chi connectivity index (χ0) is 10.0. The van der Waals surface area contributed by atoms with Gasteiger partial charge in [0.25, 0.3) is 5.92 Å². The van der Waals surface area contributed by atoms with E-state index in [1.165, 1.54) is 12.3 Å². The number of halogens is 2. The second-order valence-electron chi connectivity index (χ2n) is 3.77. The maximum atomic E-state index is 13.8. The molecule has 1 atom stereocenters. The molecule has 0 aliphatic carbocycles. The van der Waals surface area contributed by atoms with E-state index in [4.69, 9.17) is 0 Å². The summed E-state index contributed by atoms with van der Waals surface area (Å²) in [6, 6.07) is 1.45. The Morgan fingerprint density at radius 3 is 2.86 bits per heavy atom. The van der Waals surface area contributed by atoms with Crippen LogP contribution in [0.15, 0.2) is 18.5 Å². The average molecular weight is 200 g/mol. The molecule has 14 heavy (non-hydrogen) atoms. The van der Waals surface area contributed by atoms with E-state index >= 15 is 0 Å². The van der Waals surface area contributed by atoms with E-state index in [9.17, 15) is 8.78 Å². The van der Waals surface area contributed by atoms with Gasteiger partial charge in [-0.15, -0.1) is 0 Å². The molecule has 1 aromatic heterocycles. The molecule has 0 saturated carbocycles. The molecule has 2 N–H and O–H groups in total. The van der Waals surface area contributed by atoms with Gasteiger partial charge in [-0.3, -0.25) is 0 Å². The molecular weight excluding hydrogens is 186 g/mol. The van der Waals surface area contributed by atoms with Crippen molar-refractivity contribution in [2.75, 3.05) is 13.1 Å². The van der Waals surface area contributed by atoms with Crippen LogP contribution < -0.4 is 5.32 Å². The molecule has 1 fully saturated rings. The van der Waals surface area contributed by atoms with Gasteiger partial charge in [0.2, 0.25) is 0 Å². The van der Waals surface area contributed by atoms with Crippen LogP contribution in [0.5, 0.6) is 0 Å². The van der Waals surface area contributed by atoms with E-state index < -0.39 is 11.8 Å². The van der Waals surface area contributed by atoms with E-state index in [0.717, 1.165) is 13.0 Å². The van der Waals surface area contributed by atoms with Crippen molar-refractivity contribution in [1.82, 2.24) is 10.3 Å². The fraction of sp³-hybridized carbons (Fsp3) is 0.600. The Balaban J connectivity index is 2.14. The average Bonchev–Trinajstić information content (AvgIpc) is 2.72. The van der Waals surface area contributed by atoms with Crippen LogP contribution >= 0.6 is 0 Å². The fourth-order valence-corrected chi connectivity index (χ4v) is 1.93. The number of rotatable bonds is 2. The van der Waals surface area contributed by atoms with Gasteiger partial charge in [0.1, 0.15) is 0 Å². The molecule has 2 rings (SSSR count). The lowest BCUT2D eigenvalue weighted by atomic mass is 9.89. The first kappa shape index (κ1) is 9.65. The van der Waals surface area contributed by atoms with Crippen molar-refractivity contribution in [2.24, 2.45) is 5.92 Å². The highest BCUT2D eigenvalue weighted by Crippen LogP contribution is 2.38. The number of alkyl halides is 2. The summed E-state index contributed by atoms with van der Waals surface area (Å²) < 4.78 is 27.6. The Morgan fingerprint density at radius 1 is 1.43 bits per heavy atom. The molecule has 1 saturated heterocycles. The van der Waals surface area contributed by atoms with Crippen molar-refractivity contribution in [3.05, 3.63) is 24.0 Å². The lowest BCUT2D eigenvalue weighted by Crippen LogP contribution is -2.39. The first-order chi connectivity index (χ1) is 6.71. The van der Waals surface area contributed by atoms with Gasteiger partial charge in [-0.25, -0.2) is 8.78 Å². The molecule has 0 spiro atoms. The van der Waals surface area contributed by atoms with Gasteiger partial charge in [-0.2, -0.15) is 0 Å². The van der Waals surface area contributed by atoms with Crippen molar-refractivity contribution in [2.45, 2.75) is 18.8 Å². The molecule has 1 unspecified atom stereocenters. The van der Waals surface area contributed by atoms with Crippen LogP contribution in [-0.4, -0.2) is 18.1 Å². The number of H-pyrrole nitrogens is 1. The number of piperidine rings is 1. The summed E-state index contributed by atoms with van der Waals surface area (Å²) in [6.07, 6.45) is 4.37. The third-order valence-corrected chi connectivity index (χ3v) is 2.79. The molecular formula is C10H14F2N2. The summed E-state index contributed by atoms with van der Waals surface area (Å²) in [6.45, 7) is 1.28. The Kier molecular flexibility index (Phi) is 2.54. The highest BCUT2D eigenvalue weighted by Gasteiger charge is 2.41. The topological polar surface area (TPSA) is 27.8 Å². The summed E-state index contributed by atoms with van der Waals surface area (Å²) in [5.74, 6) is -3.26. The van der Waals surface area contributed by atoms with Crippen LogP contribution in [0.3, 0.4) is 0 Å². The minimum atomic E-state index is -2.70. The third-order valence-electron chi connectivity index (χ3n) is 2.79. The van der Waals surface area contributed by atoms with Crippen LogP contribution in [0.1, 0.15) is 18.4 Å². The number of hydrogen-bond acceptors (Lipinski definition) is 1.